The standard InChI is InChI=1S/C24H20FN5O2/c25-18-8-6-16(7-9-18)11-19-14-28-23(32-19)22-5-2-10-30(22)24(31)21-4-1-3-20(29-21)17-12-26-15-27-13-17/h1,3-4,6-9,12-15,22H,2,5,10-11H2/t22-/m1/s1. The van der Waals surface area contributed by atoms with Crippen molar-refractivity contribution in [1.82, 2.24) is 24.8 Å². The molecule has 4 aromatic rings. The Hall–Kier alpha value is -3.94. The van der Waals surface area contributed by atoms with Gasteiger partial charge in [0.1, 0.15) is 29.6 Å². The first-order valence-corrected chi connectivity index (χ1v) is 10.4. The molecule has 0 bridgehead atoms. The normalized spacial score (nSPS) is 15.8. The lowest BCUT2D eigenvalue weighted by atomic mass is 10.1. The van der Waals surface area contributed by atoms with Gasteiger partial charge in [-0.2, -0.15) is 0 Å². The summed E-state index contributed by atoms with van der Waals surface area (Å²) >= 11 is 0. The number of hydrogen-bond donors (Lipinski definition) is 0. The van der Waals surface area contributed by atoms with Crippen molar-refractivity contribution in [2.45, 2.75) is 25.3 Å². The van der Waals surface area contributed by atoms with Crippen LogP contribution < -0.4 is 0 Å². The van der Waals surface area contributed by atoms with Gasteiger partial charge >= 0.3 is 0 Å². The van der Waals surface area contributed by atoms with Crippen molar-refractivity contribution in [1.29, 1.82) is 0 Å². The lowest BCUT2D eigenvalue weighted by Gasteiger charge is -2.22. The molecule has 5 rings (SSSR count). The quantitative estimate of drug-likeness (QED) is 0.472. The van der Waals surface area contributed by atoms with Crippen molar-refractivity contribution in [3.8, 4) is 11.3 Å². The molecule has 1 amide bonds. The summed E-state index contributed by atoms with van der Waals surface area (Å²) < 4.78 is 19.1. The van der Waals surface area contributed by atoms with Crippen molar-refractivity contribution >= 4 is 5.91 Å². The highest BCUT2D eigenvalue weighted by Gasteiger charge is 2.34. The summed E-state index contributed by atoms with van der Waals surface area (Å²) in [7, 11) is 0. The van der Waals surface area contributed by atoms with E-state index in [0.29, 0.717) is 36.0 Å². The molecule has 0 N–H and O–H groups in total. The van der Waals surface area contributed by atoms with E-state index in [-0.39, 0.29) is 17.8 Å². The lowest BCUT2D eigenvalue weighted by Crippen LogP contribution is -2.31. The van der Waals surface area contributed by atoms with E-state index in [1.54, 1.807) is 47.8 Å². The molecule has 1 aliphatic heterocycles. The van der Waals surface area contributed by atoms with E-state index in [1.165, 1.54) is 18.5 Å². The molecular weight excluding hydrogens is 409 g/mol. The van der Waals surface area contributed by atoms with Crippen LogP contribution in [0, 0.1) is 5.82 Å². The molecule has 32 heavy (non-hydrogen) atoms. The van der Waals surface area contributed by atoms with E-state index in [4.69, 9.17) is 4.42 Å². The van der Waals surface area contributed by atoms with Crippen LogP contribution in [0.3, 0.4) is 0 Å². The van der Waals surface area contributed by atoms with Gasteiger partial charge in [0.25, 0.3) is 5.91 Å². The van der Waals surface area contributed by atoms with Crippen LogP contribution in [0.15, 0.2) is 71.8 Å². The van der Waals surface area contributed by atoms with Gasteiger partial charge in [0, 0.05) is 30.9 Å². The van der Waals surface area contributed by atoms with E-state index in [1.807, 2.05) is 6.07 Å². The number of pyridine rings is 1. The summed E-state index contributed by atoms with van der Waals surface area (Å²) in [5.74, 6) is 0.754. The molecule has 1 fully saturated rings. The van der Waals surface area contributed by atoms with Gasteiger partial charge in [-0.3, -0.25) is 4.79 Å². The van der Waals surface area contributed by atoms with E-state index < -0.39 is 0 Å². The Labute approximate surface area is 184 Å². The molecule has 160 valence electrons. The Balaban J connectivity index is 1.34. The number of amides is 1. The fraction of sp³-hybridized carbons (Fsp3) is 0.208. The molecule has 1 saturated heterocycles. The Morgan fingerprint density at radius 2 is 1.91 bits per heavy atom. The van der Waals surface area contributed by atoms with Crippen LogP contribution in [0.1, 0.15) is 46.6 Å². The summed E-state index contributed by atoms with van der Waals surface area (Å²) in [5, 5.41) is 0. The second-order valence-electron chi connectivity index (χ2n) is 7.66. The summed E-state index contributed by atoms with van der Waals surface area (Å²) in [6.07, 6.45) is 8.60. The van der Waals surface area contributed by atoms with Crippen LogP contribution in [0.2, 0.25) is 0 Å². The van der Waals surface area contributed by atoms with Crippen LogP contribution in [0.5, 0.6) is 0 Å². The Kier molecular flexibility index (Phi) is 5.41. The maximum Gasteiger partial charge on any atom is 0.273 e. The molecule has 0 unspecified atom stereocenters. The Bertz CT molecular complexity index is 1230. The first-order chi connectivity index (χ1) is 15.7. The summed E-state index contributed by atoms with van der Waals surface area (Å²) in [4.78, 5) is 32.0. The second kappa shape index (κ2) is 8.66. The van der Waals surface area contributed by atoms with Crippen LogP contribution in [-0.4, -0.2) is 37.3 Å². The van der Waals surface area contributed by atoms with Gasteiger partial charge in [-0.1, -0.05) is 18.2 Å². The summed E-state index contributed by atoms with van der Waals surface area (Å²) in [5.41, 5.74) is 2.68. The third-order valence-corrected chi connectivity index (χ3v) is 5.49. The van der Waals surface area contributed by atoms with Crippen LogP contribution in [0.4, 0.5) is 4.39 Å². The zero-order valence-electron chi connectivity index (χ0n) is 17.2. The monoisotopic (exact) mass is 429 g/mol. The first kappa shape index (κ1) is 20.0. The maximum atomic E-state index is 13.3. The number of carbonyl (C=O) groups is 1. The van der Waals surface area contributed by atoms with E-state index >= 15 is 0 Å². The molecule has 0 radical (unpaired) electrons. The zero-order valence-corrected chi connectivity index (χ0v) is 17.2. The largest absolute Gasteiger partial charge is 0.443 e. The number of nitrogens with zero attached hydrogens (tertiary/aromatic N) is 5. The fourth-order valence-electron chi connectivity index (χ4n) is 3.92. The van der Waals surface area contributed by atoms with Gasteiger partial charge in [0.15, 0.2) is 0 Å². The topological polar surface area (TPSA) is 85.0 Å². The minimum Gasteiger partial charge on any atom is -0.443 e. The third kappa shape index (κ3) is 4.12. The van der Waals surface area contributed by atoms with Crippen molar-refractivity contribution < 1.29 is 13.6 Å². The number of likely N-dealkylation sites (tertiary alicyclic amines) is 1. The molecule has 8 heteroatoms. The fourth-order valence-corrected chi connectivity index (χ4v) is 3.92. The van der Waals surface area contributed by atoms with Gasteiger partial charge in [0.2, 0.25) is 5.89 Å². The molecule has 0 aliphatic carbocycles. The minimum absolute atomic E-state index is 0.163. The molecule has 4 heterocycles. The van der Waals surface area contributed by atoms with Gasteiger partial charge in [-0.25, -0.2) is 24.3 Å². The van der Waals surface area contributed by atoms with Crippen molar-refractivity contribution in [3.63, 3.8) is 0 Å². The maximum absolute atomic E-state index is 13.3. The number of hydrogen-bond acceptors (Lipinski definition) is 6. The molecule has 1 aliphatic rings. The number of halogens is 1. The SMILES string of the molecule is O=C(c1cccc(-c2cncnc2)n1)N1CCC[C@@H]1c1ncc(Cc2ccc(F)cc2)o1. The average molecular weight is 429 g/mol. The first-order valence-electron chi connectivity index (χ1n) is 10.4. The number of rotatable bonds is 5. The molecular formula is C24H20FN5O2. The number of aromatic nitrogens is 4. The third-order valence-electron chi connectivity index (χ3n) is 5.49. The number of benzene rings is 1. The molecule has 0 saturated carbocycles. The predicted octanol–water partition coefficient (Wildman–Crippen LogP) is 4.23. The van der Waals surface area contributed by atoms with Gasteiger partial charge < -0.3 is 9.32 Å². The van der Waals surface area contributed by atoms with Crippen LogP contribution in [-0.2, 0) is 6.42 Å². The average Bonchev–Trinajstić information content (AvgIpc) is 3.50. The zero-order chi connectivity index (χ0) is 21.9. The predicted molar refractivity (Wildman–Crippen MR) is 114 cm³/mol. The molecule has 7 nitrogen and oxygen atoms in total. The van der Waals surface area contributed by atoms with Crippen molar-refractivity contribution in [2.24, 2.45) is 0 Å². The molecule has 1 atom stereocenters. The highest BCUT2D eigenvalue weighted by molar-refractivity contribution is 5.93. The van der Waals surface area contributed by atoms with Gasteiger partial charge in [-0.15, -0.1) is 0 Å². The Morgan fingerprint density at radius 1 is 1.09 bits per heavy atom. The van der Waals surface area contributed by atoms with Gasteiger partial charge in [-0.05, 0) is 42.7 Å². The van der Waals surface area contributed by atoms with E-state index in [0.717, 1.165) is 24.0 Å². The minimum atomic E-state index is -0.274. The van der Waals surface area contributed by atoms with Crippen LogP contribution in [0.25, 0.3) is 11.3 Å². The summed E-state index contributed by atoms with van der Waals surface area (Å²) in [6.45, 7) is 0.611. The number of oxazole rings is 1. The van der Waals surface area contributed by atoms with Crippen LogP contribution >= 0.6 is 0 Å². The van der Waals surface area contributed by atoms with Crippen molar-refractivity contribution in [3.05, 3.63) is 96.1 Å². The lowest BCUT2D eigenvalue weighted by molar-refractivity contribution is 0.0708. The van der Waals surface area contributed by atoms with E-state index in [9.17, 15) is 9.18 Å². The number of carbonyl (C=O) groups excluding carboxylic acids is 1. The highest BCUT2D eigenvalue weighted by atomic mass is 19.1. The highest BCUT2D eigenvalue weighted by Crippen LogP contribution is 2.33. The summed E-state index contributed by atoms with van der Waals surface area (Å²) in [6, 6.07) is 11.4. The van der Waals surface area contributed by atoms with Crippen molar-refractivity contribution in [2.75, 3.05) is 6.54 Å². The van der Waals surface area contributed by atoms with E-state index in [2.05, 4.69) is 19.9 Å². The molecule has 0 spiro atoms. The van der Waals surface area contributed by atoms with Gasteiger partial charge in [0.05, 0.1) is 11.9 Å². The molecule has 3 aromatic heterocycles. The second-order valence-corrected chi connectivity index (χ2v) is 7.66. The Morgan fingerprint density at radius 3 is 2.72 bits per heavy atom. The molecule has 1 aromatic carbocycles. The smallest absolute Gasteiger partial charge is 0.273 e.